The second kappa shape index (κ2) is 13.8. The highest BCUT2D eigenvalue weighted by Crippen LogP contribution is 2.28. The van der Waals surface area contributed by atoms with Crippen molar-refractivity contribution in [3.05, 3.63) is 123 Å². The second-order valence-corrected chi connectivity index (χ2v) is 14.0. The largest absolute Gasteiger partial charge is 0.482 e. The zero-order chi connectivity index (χ0) is 32.3. The highest BCUT2D eigenvalue weighted by atomic mass is 79.9. The fraction of sp³-hybridized carbons (Fsp3) is 0.270. The lowest BCUT2D eigenvalue weighted by Gasteiger charge is -2.19. The van der Waals surface area contributed by atoms with Crippen molar-refractivity contribution in [3.8, 4) is 5.75 Å². The van der Waals surface area contributed by atoms with Gasteiger partial charge >= 0.3 is 5.97 Å². The normalized spacial score (nSPS) is 13.0. The summed E-state index contributed by atoms with van der Waals surface area (Å²) >= 11 is 7.41. The van der Waals surface area contributed by atoms with Gasteiger partial charge in [-0.3, -0.25) is 0 Å². The molecule has 1 aliphatic heterocycles. The summed E-state index contributed by atoms with van der Waals surface area (Å²) in [5, 5.41) is 5.93. The Kier molecular flexibility index (Phi) is 9.61. The molecule has 9 heteroatoms. The molecule has 1 aromatic carbocycles. The Morgan fingerprint density at radius 1 is 0.717 bits per heavy atom. The van der Waals surface area contributed by atoms with Crippen LogP contribution in [0, 0.1) is 5.92 Å². The van der Waals surface area contributed by atoms with Crippen LogP contribution in [0.5, 0.6) is 5.75 Å². The van der Waals surface area contributed by atoms with Gasteiger partial charge in [0.25, 0.3) is 0 Å². The Hall–Kier alpha value is -3.95. The maximum atomic E-state index is 12.2. The topological polar surface area (TPSA) is 98.7 Å². The molecule has 0 radical (unpaired) electrons. The minimum Gasteiger partial charge on any atom is -0.482 e. The number of alkyl halides is 2. The molecule has 0 amide bonds. The van der Waals surface area contributed by atoms with Crippen molar-refractivity contribution in [2.75, 3.05) is 17.3 Å². The molecule has 1 aliphatic rings. The van der Waals surface area contributed by atoms with Crippen LogP contribution in [0.2, 0.25) is 0 Å². The number of halogens is 2. The van der Waals surface area contributed by atoms with E-state index in [1.165, 1.54) is 5.57 Å². The fourth-order valence-corrected chi connectivity index (χ4v) is 7.00. The summed E-state index contributed by atoms with van der Waals surface area (Å²) in [4.78, 5) is 26.9. The van der Waals surface area contributed by atoms with Crippen molar-refractivity contribution in [1.29, 1.82) is 0 Å². The fourth-order valence-electron chi connectivity index (χ4n) is 5.89. The second-order valence-electron chi connectivity index (χ2n) is 12.4. The summed E-state index contributed by atoms with van der Waals surface area (Å²) in [5.41, 5.74) is 6.85. The number of ether oxygens (including phenoxy) is 2. The lowest BCUT2D eigenvalue weighted by Crippen LogP contribution is -2.27. The number of hydrogen-bond acceptors (Lipinski definition) is 3. The van der Waals surface area contributed by atoms with Crippen LogP contribution >= 0.6 is 31.9 Å². The maximum absolute atomic E-state index is 12.2. The maximum Gasteiger partial charge on any atom is 0.344 e. The first-order chi connectivity index (χ1) is 22.2. The zero-order valence-electron chi connectivity index (χ0n) is 26.2. The van der Waals surface area contributed by atoms with Crippen molar-refractivity contribution in [2.24, 2.45) is 5.92 Å². The smallest absolute Gasteiger partial charge is 0.344 e. The number of rotatable bonds is 9. The van der Waals surface area contributed by atoms with Gasteiger partial charge in [0.2, 0.25) is 0 Å². The predicted octanol–water partition coefficient (Wildman–Crippen LogP) is 5.32. The van der Waals surface area contributed by atoms with Crippen LogP contribution in [-0.4, -0.2) is 48.8 Å². The number of nitrogens with one attached hydrogen (secondary N) is 4. The molecule has 8 bridgehead atoms. The molecule has 0 unspecified atom stereocenters. The van der Waals surface area contributed by atoms with Crippen LogP contribution in [-0.2, 0) is 9.53 Å². The predicted molar refractivity (Wildman–Crippen MR) is 191 cm³/mol. The third kappa shape index (κ3) is 7.53. The van der Waals surface area contributed by atoms with Gasteiger partial charge in [-0.2, -0.15) is 0 Å². The summed E-state index contributed by atoms with van der Waals surface area (Å²) in [6.07, 6.45) is 6.26. The van der Waals surface area contributed by atoms with Gasteiger partial charge in [0.05, 0.1) is 0 Å². The number of aromatic nitrogens is 4. The number of H-pyrrole nitrogens is 4. The molecule has 5 heterocycles. The van der Waals surface area contributed by atoms with Crippen LogP contribution in [0.25, 0.3) is 23.3 Å². The van der Waals surface area contributed by atoms with Gasteiger partial charge in [-0.1, -0.05) is 44.0 Å². The van der Waals surface area contributed by atoms with E-state index in [0.717, 1.165) is 78.8 Å². The number of aromatic amines is 4. The van der Waals surface area contributed by atoms with E-state index in [-0.39, 0.29) is 6.61 Å². The van der Waals surface area contributed by atoms with E-state index in [0.29, 0.717) is 11.7 Å². The first-order valence-corrected chi connectivity index (χ1v) is 17.7. The number of fused-ring (bicyclic) bond motifs is 8. The molecule has 0 fully saturated rings. The summed E-state index contributed by atoms with van der Waals surface area (Å²) in [6, 6.07) is 24.9. The molecule has 46 heavy (non-hydrogen) atoms. The van der Waals surface area contributed by atoms with Gasteiger partial charge in [0.1, 0.15) is 11.4 Å². The third-order valence-corrected chi connectivity index (χ3v) is 8.73. The van der Waals surface area contributed by atoms with Gasteiger partial charge in [-0.05, 0) is 118 Å². The first kappa shape index (κ1) is 32.0. The van der Waals surface area contributed by atoms with E-state index in [1.54, 1.807) is 0 Å². The van der Waals surface area contributed by atoms with Crippen LogP contribution in [0.4, 0.5) is 0 Å². The molecule has 4 N–H and O–H groups in total. The molecular formula is C37H38Br2N4O3. The Bertz CT molecular complexity index is 2070. The first-order valence-electron chi connectivity index (χ1n) is 15.5. The van der Waals surface area contributed by atoms with Crippen LogP contribution < -0.4 is 26.1 Å². The van der Waals surface area contributed by atoms with E-state index in [9.17, 15) is 4.79 Å². The van der Waals surface area contributed by atoms with Crippen molar-refractivity contribution in [2.45, 2.75) is 39.2 Å². The van der Waals surface area contributed by atoms with Crippen LogP contribution in [0.1, 0.15) is 62.0 Å². The number of esters is 1. The number of benzene rings is 1. The molecule has 0 saturated heterocycles. The Morgan fingerprint density at radius 3 is 1.96 bits per heavy atom. The summed E-state index contributed by atoms with van der Waals surface area (Å²) in [5.74, 6) is 0.522. The van der Waals surface area contributed by atoms with E-state index in [2.05, 4.69) is 112 Å². The molecule has 0 aliphatic carbocycles. The van der Waals surface area contributed by atoms with Gasteiger partial charge in [0, 0.05) is 66.0 Å². The molecule has 4 aromatic heterocycles. The highest BCUT2D eigenvalue weighted by Gasteiger charge is 2.20. The Labute approximate surface area is 284 Å². The van der Waals surface area contributed by atoms with Crippen LogP contribution in [0.15, 0.2) is 72.8 Å². The number of carbonyl (C=O) groups is 1. The van der Waals surface area contributed by atoms with Gasteiger partial charge in [-0.25, -0.2) is 4.79 Å². The molecule has 5 aromatic rings. The molecule has 6 rings (SSSR count). The molecular weight excluding hydrogens is 708 g/mol. The average molecular weight is 747 g/mol. The standard InChI is InChI=1S/C37H38Br2N4O3/c1-37(2,3)46-34(44)22-45-29-10-4-23(5-11-29)35-30-12-8-27(41-30)20-25-6-7-26(40-25)21-28-9-13-31(42-28)36(24(16-18-38)17-19-39)33-15-14-32(35)43-33/h4-15,20-21,24,40-43H,16-19,22H2,1-3H3. The van der Waals surface area contributed by atoms with Crippen LogP contribution in [0.3, 0.4) is 0 Å². The molecule has 0 saturated carbocycles. The van der Waals surface area contributed by atoms with Gasteiger partial charge in [0.15, 0.2) is 6.61 Å². The Morgan fingerprint density at radius 2 is 1.33 bits per heavy atom. The highest BCUT2D eigenvalue weighted by molar-refractivity contribution is 9.09. The zero-order valence-corrected chi connectivity index (χ0v) is 29.3. The average Bonchev–Trinajstić information content (AvgIpc) is 3.83. The van der Waals surface area contributed by atoms with Gasteiger partial charge in [-0.15, -0.1) is 0 Å². The van der Waals surface area contributed by atoms with E-state index in [4.69, 9.17) is 9.47 Å². The minimum atomic E-state index is -0.559. The summed E-state index contributed by atoms with van der Waals surface area (Å²) in [7, 11) is 0. The lowest BCUT2D eigenvalue weighted by atomic mass is 9.91. The van der Waals surface area contributed by atoms with Gasteiger partial charge < -0.3 is 29.4 Å². The minimum absolute atomic E-state index is 0.149. The SMILES string of the molecule is CC(C)(C)OC(=O)COc1ccc(C2=c3ccc([nH]3)=C(C(CCBr)CCBr)c3ccc([nH]3)C=c3ccc([nH]3)=Cc3ccc2[nH]3)cc1. The van der Waals surface area contributed by atoms with E-state index >= 15 is 0 Å². The van der Waals surface area contributed by atoms with Crippen molar-refractivity contribution in [3.63, 3.8) is 0 Å². The quantitative estimate of drug-likeness (QED) is 0.122. The molecule has 238 valence electrons. The third-order valence-electron chi connectivity index (χ3n) is 7.82. The monoisotopic (exact) mass is 744 g/mol. The molecule has 0 spiro atoms. The van der Waals surface area contributed by atoms with Crippen molar-refractivity contribution < 1.29 is 14.3 Å². The summed E-state index contributed by atoms with van der Waals surface area (Å²) < 4.78 is 11.2. The molecule has 7 nitrogen and oxygen atoms in total. The summed E-state index contributed by atoms with van der Waals surface area (Å²) in [6.45, 7) is 5.38. The Balaban J connectivity index is 1.51. The number of hydrogen-bond donors (Lipinski definition) is 4. The van der Waals surface area contributed by atoms with Crippen molar-refractivity contribution in [1.82, 2.24) is 19.9 Å². The van der Waals surface area contributed by atoms with E-state index < -0.39 is 11.6 Å². The van der Waals surface area contributed by atoms with E-state index in [1.807, 2.05) is 45.0 Å². The molecule has 0 atom stereocenters. The number of carbonyl (C=O) groups excluding carboxylic acids is 1. The van der Waals surface area contributed by atoms with Crippen molar-refractivity contribution >= 4 is 61.1 Å². The lowest BCUT2D eigenvalue weighted by molar-refractivity contribution is -0.157.